The van der Waals surface area contributed by atoms with Crippen molar-refractivity contribution in [1.82, 2.24) is 20.4 Å². The van der Waals surface area contributed by atoms with Crippen LogP contribution in [-0.4, -0.2) is 75.5 Å². The average Bonchev–Trinajstić information content (AvgIpc) is 3.24. The second-order valence-electron chi connectivity index (χ2n) is 7.54. The van der Waals surface area contributed by atoms with Crippen LogP contribution in [0.15, 0.2) is 4.99 Å². The summed E-state index contributed by atoms with van der Waals surface area (Å²) in [7, 11) is 5.52. The van der Waals surface area contributed by atoms with Crippen LogP contribution in [0.5, 0.6) is 0 Å². The third-order valence-electron chi connectivity index (χ3n) is 5.61. The molecule has 2 N–H and O–H groups in total. The number of guanidine groups is 1. The van der Waals surface area contributed by atoms with Crippen molar-refractivity contribution in [3.05, 3.63) is 0 Å². The highest BCUT2D eigenvalue weighted by Crippen LogP contribution is 2.38. The Balaban J connectivity index is 1.83. The second kappa shape index (κ2) is 8.70. The Bertz CT molecular complexity index is 443. The molecule has 2 fully saturated rings. The third-order valence-corrected chi connectivity index (χ3v) is 5.61. The third kappa shape index (κ3) is 4.62. The number of carbonyl (C=O) groups excluding carboxylic acids is 1. The zero-order chi connectivity index (χ0) is 17.6. The number of carbonyl (C=O) groups is 1. The summed E-state index contributed by atoms with van der Waals surface area (Å²) in [5, 5.41) is 6.87. The van der Waals surface area contributed by atoms with Crippen molar-refractivity contribution in [3.63, 3.8) is 0 Å². The predicted molar refractivity (Wildman–Crippen MR) is 99.2 cm³/mol. The standard InChI is InChI=1S/C18H35N5O/c1-5-23-11-8-15(13-23)12-20-17(19-2)21-14-18(9-6-7-10-18)16(24)22(3)4/h15H,5-14H2,1-4H3,(H2,19,20,21). The summed E-state index contributed by atoms with van der Waals surface area (Å²) in [4.78, 5) is 21.2. The van der Waals surface area contributed by atoms with E-state index in [4.69, 9.17) is 0 Å². The van der Waals surface area contributed by atoms with Crippen LogP contribution < -0.4 is 10.6 Å². The molecule has 1 heterocycles. The molecule has 1 saturated carbocycles. The van der Waals surface area contributed by atoms with Gasteiger partial charge in [0.1, 0.15) is 0 Å². The van der Waals surface area contributed by atoms with E-state index in [-0.39, 0.29) is 11.3 Å². The highest BCUT2D eigenvalue weighted by atomic mass is 16.2. The van der Waals surface area contributed by atoms with Gasteiger partial charge in [-0.1, -0.05) is 19.8 Å². The SMILES string of the molecule is CCN1CCC(CNC(=NC)NCC2(C(=O)N(C)C)CCCC2)C1. The molecule has 1 unspecified atom stereocenters. The number of likely N-dealkylation sites (tertiary alicyclic amines) is 1. The van der Waals surface area contributed by atoms with Gasteiger partial charge in [0, 0.05) is 40.8 Å². The van der Waals surface area contributed by atoms with E-state index >= 15 is 0 Å². The molecule has 24 heavy (non-hydrogen) atoms. The maximum Gasteiger partial charge on any atom is 0.230 e. The number of nitrogens with zero attached hydrogens (tertiary/aromatic N) is 3. The summed E-state index contributed by atoms with van der Waals surface area (Å²) in [5.41, 5.74) is -0.256. The Morgan fingerprint density at radius 2 is 2.00 bits per heavy atom. The molecule has 0 bridgehead atoms. The van der Waals surface area contributed by atoms with Gasteiger partial charge in [-0.15, -0.1) is 0 Å². The van der Waals surface area contributed by atoms with E-state index in [1.54, 1.807) is 11.9 Å². The first-order valence-electron chi connectivity index (χ1n) is 9.39. The van der Waals surface area contributed by atoms with Crippen LogP contribution >= 0.6 is 0 Å². The van der Waals surface area contributed by atoms with Crippen LogP contribution in [-0.2, 0) is 4.79 Å². The van der Waals surface area contributed by atoms with Gasteiger partial charge in [0.25, 0.3) is 0 Å². The molecule has 1 saturated heterocycles. The summed E-state index contributed by atoms with van der Waals surface area (Å²) in [6, 6.07) is 0. The maximum absolute atomic E-state index is 12.6. The normalized spacial score (nSPS) is 24.2. The predicted octanol–water partition coefficient (Wildman–Crippen LogP) is 1.14. The summed E-state index contributed by atoms with van der Waals surface area (Å²) < 4.78 is 0. The van der Waals surface area contributed by atoms with Crippen LogP contribution in [0.25, 0.3) is 0 Å². The molecule has 6 nitrogen and oxygen atoms in total. The lowest BCUT2D eigenvalue weighted by atomic mass is 9.84. The zero-order valence-corrected chi connectivity index (χ0v) is 15.9. The van der Waals surface area contributed by atoms with E-state index in [1.807, 2.05) is 14.1 Å². The Morgan fingerprint density at radius 3 is 2.54 bits per heavy atom. The van der Waals surface area contributed by atoms with E-state index in [1.165, 1.54) is 19.5 Å². The smallest absolute Gasteiger partial charge is 0.230 e. The molecule has 2 rings (SSSR count). The monoisotopic (exact) mass is 337 g/mol. The molecule has 0 aromatic heterocycles. The largest absolute Gasteiger partial charge is 0.356 e. The molecule has 0 radical (unpaired) electrons. The highest BCUT2D eigenvalue weighted by Gasteiger charge is 2.42. The van der Waals surface area contributed by atoms with Gasteiger partial charge >= 0.3 is 0 Å². The molecule has 1 aliphatic carbocycles. The van der Waals surface area contributed by atoms with E-state index in [9.17, 15) is 4.79 Å². The van der Waals surface area contributed by atoms with E-state index in [0.29, 0.717) is 12.5 Å². The first-order chi connectivity index (χ1) is 11.5. The molecule has 0 aromatic rings. The maximum atomic E-state index is 12.6. The Labute approximate surface area is 147 Å². The van der Waals surface area contributed by atoms with Crippen molar-refractivity contribution in [1.29, 1.82) is 0 Å². The van der Waals surface area contributed by atoms with Crippen molar-refractivity contribution < 1.29 is 4.79 Å². The molecule has 1 aliphatic heterocycles. The zero-order valence-electron chi connectivity index (χ0n) is 15.9. The van der Waals surface area contributed by atoms with E-state index in [0.717, 1.165) is 44.7 Å². The summed E-state index contributed by atoms with van der Waals surface area (Å²) >= 11 is 0. The minimum absolute atomic E-state index is 0.248. The number of hydrogen-bond acceptors (Lipinski definition) is 3. The minimum Gasteiger partial charge on any atom is -0.356 e. The Kier molecular flexibility index (Phi) is 6.90. The topological polar surface area (TPSA) is 60.0 Å². The summed E-state index contributed by atoms with van der Waals surface area (Å²) in [5.74, 6) is 1.76. The minimum atomic E-state index is -0.256. The molecular weight excluding hydrogens is 302 g/mol. The van der Waals surface area contributed by atoms with Gasteiger partial charge in [0.15, 0.2) is 5.96 Å². The van der Waals surface area contributed by atoms with Gasteiger partial charge in [0.2, 0.25) is 5.91 Å². The molecule has 6 heteroatoms. The van der Waals surface area contributed by atoms with Gasteiger partial charge in [-0.25, -0.2) is 0 Å². The van der Waals surface area contributed by atoms with Gasteiger partial charge in [-0.2, -0.15) is 0 Å². The molecular formula is C18H35N5O. The lowest BCUT2D eigenvalue weighted by Gasteiger charge is -2.31. The number of rotatable bonds is 6. The number of nitrogens with one attached hydrogen (secondary N) is 2. The fourth-order valence-corrected chi connectivity index (χ4v) is 4.07. The van der Waals surface area contributed by atoms with Crippen LogP contribution in [0.4, 0.5) is 0 Å². The second-order valence-corrected chi connectivity index (χ2v) is 7.54. The molecule has 2 aliphatic rings. The van der Waals surface area contributed by atoms with Gasteiger partial charge < -0.3 is 20.4 Å². The van der Waals surface area contributed by atoms with Crippen LogP contribution in [0.2, 0.25) is 0 Å². The number of amides is 1. The lowest BCUT2D eigenvalue weighted by molar-refractivity contribution is -0.138. The fraction of sp³-hybridized carbons (Fsp3) is 0.889. The molecule has 138 valence electrons. The Hall–Kier alpha value is -1.30. The average molecular weight is 338 g/mol. The highest BCUT2D eigenvalue weighted by molar-refractivity contribution is 5.85. The quantitative estimate of drug-likeness (QED) is 0.564. The first-order valence-corrected chi connectivity index (χ1v) is 9.39. The fourth-order valence-electron chi connectivity index (χ4n) is 4.07. The van der Waals surface area contributed by atoms with E-state index < -0.39 is 0 Å². The van der Waals surface area contributed by atoms with Crippen LogP contribution in [0, 0.1) is 11.3 Å². The summed E-state index contributed by atoms with van der Waals surface area (Å²) in [6.45, 7) is 7.36. The first kappa shape index (κ1) is 19.0. The number of hydrogen-bond donors (Lipinski definition) is 2. The van der Waals surface area contributed by atoms with Crippen molar-refractivity contribution in [3.8, 4) is 0 Å². The van der Waals surface area contributed by atoms with Crippen LogP contribution in [0.1, 0.15) is 39.0 Å². The van der Waals surface area contributed by atoms with Crippen molar-refractivity contribution in [2.45, 2.75) is 39.0 Å². The van der Waals surface area contributed by atoms with Crippen molar-refractivity contribution in [2.75, 3.05) is 53.9 Å². The van der Waals surface area contributed by atoms with Crippen molar-refractivity contribution in [2.24, 2.45) is 16.3 Å². The lowest BCUT2D eigenvalue weighted by Crippen LogP contribution is -2.49. The number of aliphatic imine (C=N–C) groups is 1. The van der Waals surface area contributed by atoms with Gasteiger partial charge in [0.05, 0.1) is 5.41 Å². The molecule has 1 amide bonds. The molecule has 1 atom stereocenters. The molecule has 0 spiro atoms. The van der Waals surface area contributed by atoms with Crippen molar-refractivity contribution >= 4 is 11.9 Å². The van der Waals surface area contributed by atoms with Gasteiger partial charge in [-0.05, 0) is 38.3 Å². The van der Waals surface area contributed by atoms with E-state index in [2.05, 4.69) is 27.4 Å². The summed E-state index contributed by atoms with van der Waals surface area (Å²) in [6.07, 6.45) is 5.48. The Morgan fingerprint density at radius 1 is 1.29 bits per heavy atom. The van der Waals surface area contributed by atoms with Crippen LogP contribution in [0.3, 0.4) is 0 Å². The molecule has 0 aromatic carbocycles. The van der Waals surface area contributed by atoms with Gasteiger partial charge in [-0.3, -0.25) is 9.79 Å².